The van der Waals surface area contributed by atoms with Crippen LogP contribution in [-0.4, -0.2) is 80.6 Å². The van der Waals surface area contributed by atoms with Crippen LogP contribution in [0.5, 0.6) is 0 Å². The molecule has 3 heterocycles. The molecule has 8 heteroatoms. The number of carbonyl (C=O) groups is 3. The Balaban J connectivity index is 1.97. The van der Waals surface area contributed by atoms with Crippen LogP contribution in [0.25, 0.3) is 0 Å². The summed E-state index contributed by atoms with van der Waals surface area (Å²) in [4.78, 5) is 45.1. The lowest BCUT2D eigenvalue weighted by molar-refractivity contribution is -0.155. The third-order valence-electron chi connectivity index (χ3n) is 8.32. The summed E-state index contributed by atoms with van der Waals surface area (Å²) in [7, 11) is 0. The van der Waals surface area contributed by atoms with E-state index < -0.39 is 28.7 Å². The van der Waals surface area contributed by atoms with E-state index in [-0.39, 0.29) is 41.6 Å². The van der Waals surface area contributed by atoms with Gasteiger partial charge in [-0.15, -0.1) is 24.9 Å². The number of fused-ring (bicyclic) bond motifs is 1. The fraction of sp³-hybridized carbons (Fsp3) is 0.750. The number of allylic oxidation sites excluding steroid dienone is 1. The summed E-state index contributed by atoms with van der Waals surface area (Å²) in [6.07, 6.45) is 8.65. The fourth-order valence-corrected chi connectivity index (χ4v) is 8.98. The minimum atomic E-state index is -0.730. The minimum Gasteiger partial charge on any atom is -0.465 e. The van der Waals surface area contributed by atoms with Crippen molar-refractivity contribution in [1.82, 2.24) is 9.80 Å². The van der Waals surface area contributed by atoms with Gasteiger partial charge < -0.3 is 19.6 Å². The van der Waals surface area contributed by atoms with E-state index in [0.29, 0.717) is 13.2 Å². The molecule has 1 N–H and O–H groups in total. The summed E-state index contributed by atoms with van der Waals surface area (Å²) < 4.78 is 4.96. The number of hydrogen-bond donors (Lipinski definition) is 1. The molecule has 36 heavy (non-hydrogen) atoms. The lowest BCUT2D eigenvalue weighted by Gasteiger charge is -2.42. The molecular formula is C28H44N2O5S. The summed E-state index contributed by atoms with van der Waals surface area (Å²) in [5.74, 6) is -1.74. The maximum atomic E-state index is 14.3. The quantitative estimate of drug-likeness (QED) is 0.213. The Morgan fingerprint density at radius 1 is 1.31 bits per heavy atom. The zero-order chi connectivity index (χ0) is 26.6. The number of hydrogen-bond acceptors (Lipinski definition) is 6. The molecule has 1 spiro atoms. The molecule has 3 fully saturated rings. The topological polar surface area (TPSA) is 87.1 Å². The molecule has 0 radical (unpaired) electrons. The van der Waals surface area contributed by atoms with E-state index in [1.165, 1.54) is 0 Å². The van der Waals surface area contributed by atoms with E-state index in [1.54, 1.807) is 29.7 Å². The molecule has 3 saturated heterocycles. The zero-order valence-corrected chi connectivity index (χ0v) is 23.2. The highest BCUT2D eigenvalue weighted by atomic mass is 32.2. The Hall–Kier alpha value is -1.80. The Labute approximate surface area is 220 Å². The van der Waals surface area contributed by atoms with Gasteiger partial charge in [0.15, 0.2) is 0 Å². The van der Waals surface area contributed by atoms with Crippen LogP contribution in [0.3, 0.4) is 0 Å². The highest BCUT2D eigenvalue weighted by molar-refractivity contribution is 8.02. The monoisotopic (exact) mass is 520 g/mol. The van der Waals surface area contributed by atoms with Crippen molar-refractivity contribution in [3.8, 4) is 0 Å². The number of aliphatic hydroxyl groups is 1. The Bertz CT molecular complexity index is 850. The molecule has 202 valence electrons. The average Bonchev–Trinajstić information content (AvgIpc) is 3.45. The molecule has 3 aliphatic rings. The van der Waals surface area contributed by atoms with Crippen molar-refractivity contribution in [2.75, 3.05) is 19.8 Å². The number of rotatable bonds is 14. The molecule has 7 nitrogen and oxygen atoms in total. The number of amides is 2. The van der Waals surface area contributed by atoms with Gasteiger partial charge in [0.1, 0.15) is 6.04 Å². The predicted octanol–water partition coefficient (Wildman–Crippen LogP) is 3.81. The van der Waals surface area contributed by atoms with Gasteiger partial charge in [0, 0.05) is 17.8 Å². The highest BCUT2D eigenvalue weighted by Crippen LogP contribution is 2.69. The molecule has 3 rings (SSSR count). The molecule has 0 aromatic heterocycles. The van der Waals surface area contributed by atoms with E-state index in [2.05, 4.69) is 27.0 Å². The van der Waals surface area contributed by atoms with E-state index in [0.717, 1.165) is 38.5 Å². The smallest absolute Gasteiger partial charge is 0.310 e. The van der Waals surface area contributed by atoms with Gasteiger partial charge in [0.2, 0.25) is 11.8 Å². The van der Waals surface area contributed by atoms with Crippen molar-refractivity contribution < 1.29 is 24.2 Å². The number of likely N-dealkylation sites (tertiary alicyclic amines) is 1. The second kappa shape index (κ2) is 12.2. The fourth-order valence-electron chi connectivity index (χ4n) is 6.59. The largest absolute Gasteiger partial charge is 0.465 e. The summed E-state index contributed by atoms with van der Waals surface area (Å²) in [6, 6.07) is -1.26. The first-order valence-electron chi connectivity index (χ1n) is 13.5. The highest BCUT2D eigenvalue weighted by Gasteiger charge is 2.77. The first kappa shape index (κ1) is 28.8. The van der Waals surface area contributed by atoms with E-state index in [9.17, 15) is 19.5 Å². The van der Waals surface area contributed by atoms with Gasteiger partial charge in [0.25, 0.3) is 0 Å². The minimum absolute atomic E-state index is 0.00688. The van der Waals surface area contributed by atoms with Crippen molar-refractivity contribution in [3.63, 3.8) is 0 Å². The van der Waals surface area contributed by atoms with Crippen LogP contribution < -0.4 is 0 Å². The Morgan fingerprint density at radius 2 is 2.03 bits per heavy atom. The number of carbonyl (C=O) groups excluding carboxylic acids is 3. The lowest BCUT2D eigenvalue weighted by atomic mass is 9.66. The molecule has 2 amide bonds. The second-order valence-corrected chi connectivity index (χ2v) is 12.2. The molecule has 0 saturated carbocycles. The molecule has 0 aliphatic carbocycles. The van der Waals surface area contributed by atoms with Crippen molar-refractivity contribution in [1.29, 1.82) is 0 Å². The molecular weight excluding hydrogens is 476 g/mol. The zero-order valence-electron chi connectivity index (χ0n) is 22.4. The van der Waals surface area contributed by atoms with Crippen LogP contribution in [0.1, 0.15) is 66.2 Å². The number of ether oxygens (including phenoxy) is 1. The SMILES string of the molecule is C=CCCCCOC(=O)[C@@H]1[C@H]2C(=O)N([C@H](C)CO)C(C(=O)N(CC=C)C(C)CCC)C23S[C@@H]1CC3C. The average molecular weight is 521 g/mol. The molecule has 8 atom stereocenters. The second-order valence-electron chi connectivity index (χ2n) is 10.7. The molecule has 2 bridgehead atoms. The summed E-state index contributed by atoms with van der Waals surface area (Å²) in [6.45, 7) is 16.1. The van der Waals surface area contributed by atoms with Crippen LogP contribution in [0.15, 0.2) is 25.3 Å². The third kappa shape index (κ3) is 4.87. The van der Waals surface area contributed by atoms with Gasteiger partial charge in [0.05, 0.1) is 35.8 Å². The van der Waals surface area contributed by atoms with Gasteiger partial charge in [-0.05, 0) is 51.9 Å². The summed E-state index contributed by atoms with van der Waals surface area (Å²) in [5.41, 5.74) is 0. The van der Waals surface area contributed by atoms with Gasteiger partial charge >= 0.3 is 5.97 Å². The summed E-state index contributed by atoms with van der Waals surface area (Å²) >= 11 is 1.64. The summed E-state index contributed by atoms with van der Waals surface area (Å²) in [5, 5.41) is 10.0. The normalized spacial score (nSPS) is 32.2. The molecule has 0 aromatic rings. The Morgan fingerprint density at radius 3 is 2.64 bits per heavy atom. The first-order valence-corrected chi connectivity index (χ1v) is 14.4. The van der Waals surface area contributed by atoms with Crippen LogP contribution in [0, 0.1) is 17.8 Å². The van der Waals surface area contributed by atoms with Crippen molar-refractivity contribution >= 4 is 29.5 Å². The molecule has 0 aromatic carbocycles. The van der Waals surface area contributed by atoms with Gasteiger partial charge in [-0.2, -0.15) is 0 Å². The van der Waals surface area contributed by atoms with Crippen LogP contribution in [0.4, 0.5) is 0 Å². The maximum Gasteiger partial charge on any atom is 0.310 e. The van der Waals surface area contributed by atoms with Crippen molar-refractivity contribution in [2.45, 2.75) is 94.3 Å². The van der Waals surface area contributed by atoms with Gasteiger partial charge in [-0.25, -0.2) is 0 Å². The van der Waals surface area contributed by atoms with Crippen LogP contribution >= 0.6 is 11.8 Å². The van der Waals surface area contributed by atoms with Crippen molar-refractivity contribution in [3.05, 3.63) is 25.3 Å². The number of unbranched alkanes of at least 4 members (excludes halogenated alkanes) is 2. The molecule has 4 unspecified atom stereocenters. The van der Waals surface area contributed by atoms with Crippen LogP contribution in [0.2, 0.25) is 0 Å². The number of aliphatic hydroxyl groups excluding tert-OH is 1. The number of esters is 1. The first-order chi connectivity index (χ1) is 17.2. The third-order valence-corrected chi connectivity index (χ3v) is 10.4. The Kier molecular flexibility index (Phi) is 9.72. The van der Waals surface area contributed by atoms with E-state index in [4.69, 9.17) is 4.74 Å². The standard InChI is InChI=1S/C28H44N2O5S/c1-7-10-11-12-15-35-27(34)22-21-16-18(4)28(36-21)23(22)25(32)30(20(6)17-31)24(28)26(33)29(14-9-3)19(5)13-8-2/h7,9,18-24,31H,1,3,8,10-17H2,2,4-6H3/t18?,19?,20-,21-,22+,23+,24?,28?/m1/s1. The van der Waals surface area contributed by atoms with E-state index in [1.807, 2.05) is 17.9 Å². The maximum absolute atomic E-state index is 14.3. The number of thioether (sulfide) groups is 1. The lowest BCUT2D eigenvalue weighted by Crippen LogP contribution is -2.60. The molecule has 3 aliphatic heterocycles. The van der Waals surface area contributed by atoms with Gasteiger partial charge in [-0.3, -0.25) is 14.4 Å². The van der Waals surface area contributed by atoms with Crippen molar-refractivity contribution in [2.24, 2.45) is 17.8 Å². The predicted molar refractivity (Wildman–Crippen MR) is 143 cm³/mol. The van der Waals surface area contributed by atoms with E-state index >= 15 is 0 Å². The van der Waals surface area contributed by atoms with Crippen LogP contribution in [-0.2, 0) is 19.1 Å². The number of nitrogens with zero attached hydrogens (tertiary/aromatic N) is 2. The van der Waals surface area contributed by atoms with Gasteiger partial charge in [-0.1, -0.05) is 32.4 Å².